The fourth-order valence-corrected chi connectivity index (χ4v) is 3.46. The van der Waals surface area contributed by atoms with Crippen LogP contribution in [0.1, 0.15) is 18.9 Å². The number of anilines is 1. The standard InChI is InChI=1S/C13H16N2O2S/c1-2-8-18(16,17)9-10-5-6-12(14)11-4-3-7-15-13(10)11/h3-7H,2,8-9,14H2,1H3. The molecule has 1 aromatic carbocycles. The summed E-state index contributed by atoms with van der Waals surface area (Å²) in [6.07, 6.45) is 2.28. The molecule has 0 aliphatic carbocycles. The molecule has 0 radical (unpaired) electrons. The van der Waals surface area contributed by atoms with Gasteiger partial charge in [0.15, 0.2) is 9.84 Å². The van der Waals surface area contributed by atoms with Gasteiger partial charge in [0.1, 0.15) is 0 Å². The molecule has 0 saturated heterocycles. The molecule has 0 aliphatic rings. The molecule has 1 heterocycles. The molecule has 1 aromatic heterocycles. The molecule has 0 amide bonds. The highest BCUT2D eigenvalue weighted by Crippen LogP contribution is 2.24. The SMILES string of the molecule is CCCS(=O)(=O)Cc1ccc(N)c2cccnc12. The van der Waals surface area contributed by atoms with Gasteiger partial charge in [0, 0.05) is 17.3 Å². The fraction of sp³-hybridized carbons (Fsp3) is 0.308. The van der Waals surface area contributed by atoms with Gasteiger partial charge in [0.05, 0.1) is 17.0 Å². The first-order valence-corrected chi connectivity index (χ1v) is 7.68. The Balaban J connectivity index is 2.50. The van der Waals surface area contributed by atoms with Crippen molar-refractivity contribution in [2.24, 2.45) is 0 Å². The van der Waals surface area contributed by atoms with E-state index in [1.54, 1.807) is 24.4 Å². The van der Waals surface area contributed by atoms with Gasteiger partial charge in [-0.15, -0.1) is 0 Å². The van der Waals surface area contributed by atoms with Gasteiger partial charge in [-0.05, 0) is 30.2 Å². The van der Waals surface area contributed by atoms with E-state index < -0.39 is 9.84 Å². The Morgan fingerprint density at radius 2 is 2.06 bits per heavy atom. The lowest BCUT2D eigenvalue weighted by atomic mass is 10.1. The van der Waals surface area contributed by atoms with E-state index in [1.807, 2.05) is 13.0 Å². The number of fused-ring (bicyclic) bond motifs is 1. The molecule has 5 heteroatoms. The number of benzene rings is 1. The van der Waals surface area contributed by atoms with Crippen molar-refractivity contribution in [1.82, 2.24) is 4.98 Å². The summed E-state index contributed by atoms with van der Waals surface area (Å²) in [7, 11) is -3.07. The molecule has 2 aromatic rings. The molecule has 18 heavy (non-hydrogen) atoms. The van der Waals surface area contributed by atoms with Crippen molar-refractivity contribution in [1.29, 1.82) is 0 Å². The molecule has 2 N–H and O–H groups in total. The number of sulfone groups is 1. The van der Waals surface area contributed by atoms with Gasteiger partial charge in [-0.25, -0.2) is 8.42 Å². The Kier molecular flexibility index (Phi) is 3.52. The van der Waals surface area contributed by atoms with E-state index in [9.17, 15) is 8.42 Å². The second-order valence-electron chi connectivity index (χ2n) is 4.31. The Bertz CT molecular complexity index is 666. The molecule has 2 rings (SSSR count). The first-order chi connectivity index (χ1) is 8.53. The molecule has 0 spiro atoms. The lowest BCUT2D eigenvalue weighted by Gasteiger charge is -2.08. The number of hydrogen-bond donors (Lipinski definition) is 1. The topological polar surface area (TPSA) is 73.0 Å². The van der Waals surface area contributed by atoms with E-state index in [0.717, 1.165) is 5.39 Å². The average molecular weight is 264 g/mol. The maximum Gasteiger partial charge on any atom is 0.154 e. The molecule has 0 bridgehead atoms. The molecular weight excluding hydrogens is 248 g/mol. The van der Waals surface area contributed by atoms with Crippen LogP contribution in [0.2, 0.25) is 0 Å². The third kappa shape index (κ3) is 2.61. The normalized spacial score (nSPS) is 11.8. The summed E-state index contributed by atoms with van der Waals surface area (Å²) in [5.74, 6) is 0.223. The number of nitrogen functional groups attached to an aromatic ring is 1. The smallest absolute Gasteiger partial charge is 0.154 e. The monoisotopic (exact) mass is 264 g/mol. The van der Waals surface area contributed by atoms with Crippen LogP contribution in [-0.2, 0) is 15.6 Å². The van der Waals surface area contributed by atoms with Crippen LogP contribution in [0.15, 0.2) is 30.5 Å². The number of rotatable bonds is 4. The summed E-state index contributed by atoms with van der Waals surface area (Å²) in [6.45, 7) is 1.86. The third-order valence-electron chi connectivity index (χ3n) is 2.78. The Morgan fingerprint density at radius 1 is 1.28 bits per heavy atom. The van der Waals surface area contributed by atoms with Crippen molar-refractivity contribution in [2.75, 3.05) is 11.5 Å². The molecule has 96 valence electrons. The maximum absolute atomic E-state index is 11.9. The summed E-state index contributed by atoms with van der Waals surface area (Å²) in [6, 6.07) is 7.13. The number of nitrogens with two attached hydrogens (primary N) is 1. The third-order valence-corrected chi connectivity index (χ3v) is 4.56. The fourth-order valence-electron chi connectivity index (χ4n) is 1.99. The van der Waals surface area contributed by atoms with Crippen LogP contribution in [-0.4, -0.2) is 19.2 Å². The van der Waals surface area contributed by atoms with E-state index in [1.165, 1.54) is 0 Å². The highest BCUT2D eigenvalue weighted by molar-refractivity contribution is 7.90. The highest BCUT2D eigenvalue weighted by atomic mass is 32.2. The molecule has 0 unspecified atom stereocenters. The zero-order valence-corrected chi connectivity index (χ0v) is 11.1. The van der Waals surface area contributed by atoms with Crippen LogP contribution < -0.4 is 5.73 Å². The zero-order chi connectivity index (χ0) is 13.2. The summed E-state index contributed by atoms with van der Waals surface area (Å²) in [5, 5.41) is 0.807. The summed E-state index contributed by atoms with van der Waals surface area (Å²) < 4.78 is 23.7. The van der Waals surface area contributed by atoms with Crippen molar-refractivity contribution < 1.29 is 8.42 Å². The van der Waals surface area contributed by atoms with E-state index in [4.69, 9.17) is 5.73 Å². The van der Waals surface area contributed by atoms with Crippen molar-refractivity contribution in [3.63, 3.8) is 0 Å². The first kappa shape index (κ1) is 12.8. The van der Waals surface area contributed by atoms with Crippen LogP contribution in [0.5, 0.6) is 0 Å². The van der Waals surface area contributed by atoms with Crippen LogP contribution in [0, 0.1) is 0 Å². The van der Waals surface area contributed by atoms with E-state index in [2.05, 4.69) is 4.98 Å². The van der Waals surface area contributed by atoms with Gasteiger partial charge in [0.2, 0.25) is 0 Å². The first-order valence-electron chi connectivity index (χ1n) is 5.86. The van der Waals surface area contributed by atoms with Crippen molar-refractivity contribution >= 4 is 26.4 Å². The molecule has 0 atom stereocenters. The summed E-state index contributed by atoms with van der Waals surface area (Å²) in [5.41, 5.74) is 7.87. The predicted molar refractivity (Wildman–Crippen MR) is 73.9 cm³/mol. The lowest BCUT2D eigenvalue weighted by Crippen LogP contribution is -2.09. The second kappa shape index (κ2) is 4.94. The van der Waals surface area contributed by atoms with E-state index in [0.29, 0.717) is 23.2 Å². The Hall–Kier alpha value is -1.62. The number of aromatic nitrogens is 1. The minimum Gasteiger partial charge on any atom is -0.398 e. The van der Waals surface area contributed by atoms with E-state index >= 15 is 0 Å². The molecule has 0 aliphatic heterocycles. The summed E-state index contributed by atoms with van der Waals surface area (Å²) >= 11 is 0. The Morgan fingerprint density at radius 3 is 2.78 bits per heavy atom. The van der Waals surface area contributed by atoms with Crippen molar-refractivity contribution in [3.8, 4) is 0 Å². The van der Waals surface area contributed by atoms with Gasteiger partial charge >= 0.3 is 0 Å². The minimum absolute atomic E-state index is 0.0225. The van der Waals surface area contributed by atoms with Crippen LogP contribution in [0.25, 0.3) is 10.9 Å². The molecule has 0 fully saturated rings. The number of nitrogens with zero attached hydrogens (tertiary/aromatic N) is 1. The molecule has 0 saturated carbocycles. The largest absolute Gasteiger partial charge is 0.398 e. The highest BCUT2D eigenvalue weighted by Gasteiger charge is 2.14. The van der Waals surface area contributed by atoms with Gasteiger partial charge in [-0.2, -0.15) is 0 Å². The minimum atomic E-state index is -3.07. The zero-order valence-electron chi connectivity index (χ0n) is 10.3. The van der Waals surface area contributed by atoms with Gasteiger partial charge in [0.25, 0.3) is 0 Å². The Labute approximate surface area is 107 Å². The number of hydrogen-bond acceptors (Lipinski definition) is 4. The summed E-state index contributed by atoms with van der Waals surface area (Å²) in [4.78, 5) is 4.24. The van der Waals surface area contributed by atoms with Gasteiger partial charge in [-0.1, -0.05) is 13.0 Å². The van der Waals surface area contributed by atoms with Crippen molar-refractivity contribution in [3.05, 3.63) is 36.0 Å². The van der Waals surface area contributed by atoms with Gasteiger partial charge < -0.3 is 5.73 Å². The van der Waals surface area contributed by atoms with Crippen LogP contribution in [0.3, 0.4) is 0 Å². The number of pyridine rings is 1. The maximum atomic E-state index is 11.9. The predicted octanol–water partition coefficient (Wildman–Crippen LogP) is 2.14. The van der Waals surface area contributed by atoms with Crippen LogP contribution >= 0.6 is 0 Å². The van der Waals surface area contributed by atoms with Crippen molar-refractivity contribution in [2.45, 2.75) is 19.1 Å². The lowest BCUT2D eigenvalue weighted by molar-refractivity contribution is 0.594. The average Bonchev–Trinajstić information content (AvgIpc) is 2.33. The van der Waals surface area contributed by atoms with Crippen LogP contribution in [0.4, 0.5) is 5.69 Å². The van der Waals surface area contributed by atoms with Gasteiger partial charge in [-0.3, -0.25) is 4.98 Å². The molecule has 4 nitrogen and oxygen atoms in total. The second-order valence-corrected chi connectivity index (χ2v) is 6.49. The quantitative estimate of drug-likeness (QED) is 0.859. The van der Waals surface area contributed by atoms with E-state index in [-0.39, 0.29) is 11.5 Å². The molecular formula is C13H16N2O2S.